The lowest BCUT2D eigenvalue weighted by Crippen LogP contribution is -2.16. The molecule has 0 aliphatic heterocycles. The van der Waals surface area contributed by atoms with E-state index in [1.54, 1.807) is 0 Å². The molecule has 0 spiro atoms. The van der Waals surface area contributed by atoms with Crippen LogP contribution in [0.5, 0.6) is 11.5 Å². The molecule has 0 radical (unpaired) electrons. The number of esters is 1. The summed E-state index contributed by atoms with van der Waals surface area (Å²) in [4.78, 5) is 24.8. The Balaban J connectivity index is 2.15. The van der Waals surface area contributed by atoms with Crippen LogP contribution < -0.4 is 9.47 Å². The minimum Gasteiger partial charge on any atom is -0.493 e. The fourth-order valence-corrected chi connectivity index (χ4v) is 2.94. The van der Waals surface area contributed by atoms with Gasteiger partial charge in [0.05, 0.1) is 24.3 Å². The van der Waals surface area contributed by atoms with E-state index < -0.39 is 5.97 Å². The van der Waals surface area contributed by atoms with Crippen LogP contribution in [0.25, 0.3) is 0 Å². The van der Waals surface area contributed by atoms with Gasteiger partial charge in [0, 0.05) is 5.56 Å². The van der Waals surface area contributed by atoms with E-state index >= 15 is 0 Å². The van der Waals surface area contributed by atoms with E-state index in [1.165, 1.54) is 19.2 Å². The molecule has 0 fully saturated rings. The van der Waals surface area contributed by atoms with Crippen molar-refractivity contribution in [3.8, 4) is 11.5 Å². The highest BCUT2D eigenvalue weighted by Crippen LogP contribution is 2.36. The van der Waals surface area contributed by atoms with Crippen molar-refractivity contribution in [1.82, 2.24) is 0 Å². The van der Waals surface area contributed by atoms with E-state index in [9.17, 15) is 9.59 Å². The number of carbonyl (C=O) groups is 2. The fourth-order valence-electron chi connectivity index (χ4n) is 2.68. The van der Waals surface area contributed by atoms with Gasteiger partial charge in [0.2, 0.25) is 5.78 Å². The summed E-state index contributed by atoms with van der Waals surface area (Å²) in [6.45, 7) is 7.65. The van der Waals surface area contributed by atoms with Gasteiger partial charge in [0.15, 0.2) is 18.1 Å². The van der Waals surface area contributed by atoms with E-state index in [2.05, 4.69) is 0 Å². The Morgan fingerprint density at radius 2 is 1.67 bits per heavy atom. The first kappa shape index (κ1) is 20.8. The SMILES string of the molecule is CCOc1c(Cl)cc(C(=O)OCC(=O)c2cc(C)c(C)cc2C)cc1OC. The van der Waals surface area contributed by atoms with Crippen molar-refractivity contribution in [2.24, 2.45) is 0 Å². The zero-order chi connectivity index (χ0) is 20.1. The number of benzene rings is 2. The molecule has 0 atom stereocenters. The van der Waals surface area contributed by atoms with Crippen molar-refractivity contribution in [3.63, 3.8) is 0 Å². The van der Waals surface area contributed by atoms with E-state index in [0.29, 0.717) is 23.7 Å². The molecule has 0 aromatic heterocycles. The third-order valence-electron chi connectivity index (χ3n) is 4.23. The number of ketones is 1. The normalized spacial score (nSPS) is 10.4. The summed E-state index contributed by atoms with van der Waals surface area (Å²) < 4.78 is 15.8. The Kier molecular flexibility index (Phi) is 6.86. The van der Waals surface area contributed by atoms with Gasteiger partial charge in [-0.2, -0.15) is 0 Å². The Morgan fingerprint density at radius 1 is 1.00 bits per heavy atom. The Bertz CT molecular complexity index is 873. The molecular formula is C21H23ClO5. The lowest BCUT2D eigenvalue weighted by Gasteiger charge is -2.13. The second-order valence-corrected chi connectivity index (χ2v) is 6.58. The summed E-state index contributed by atoms with van der Waals surface area (Å²) in [6, 6.07) is 6.67. The third kappa shape index (κ3) is 4.80. The molecule has 0 aliphatic carbocycles. The van der Waals surface area contributed by atoms with Crippen LogP contribution in [0.3, 0.4) is 0 Å². The average molecular weight is 391 g/mol. The quantitative estimate of drug-likeness (QED) is 0.506. The molecule has 0 heterocycles. The summed E-state index contributed by atoms with van der Waals surface area (Å²) in [6.07, 6.45) is 0. The minimum absolute atomic E-state index is 0.185. The number of ether oxygens (including phenoxy) is 3. The summed E-state index contributed by atoms with van der Waals surface area (Å²) in [5.74, 6) is -0.228. The maximum atomic E-state index is 12.4. The van der Waals surface area contributed by atoms with Crippen LogP contribution >= 0.6 is 11.6 Å². The van der Waals surface area contributed by atoms with Gasteiger partial charge in [-0.05, 0) is 62.6 Å². The molecule has 0 amide bonds. The predicted octanol–water partition coefficient (Wildman–Crippen LogP) is 4.71. The molecule has 0 saturated heterocycles. The van der Waals surface area contributed by atoms with Gasteiger partial charge in [-0.1, -0.05) is 17.7 Å². The van der Waals surface area contributed by atoms with E-state index in [-0.39, 0.29) is 23.0 Å². The van der Waals surface area contributed by atoms with Crippen molar-refractivity contribution < 1.29 is 23.8 Å². The number of methoxy groups -OCH3 is 1. The minimum atomic E-state index is -0.659. The molecular weight excluding hydrogens is 368 g/mol. The van der Waals surface area contributed by atoms with Crippen molar-refractivity contribution in [1.29, 1.82) is 0 Å². The molecule has 0 N–H and O–H groups in total. The standard InChI is InChI=1S/C21H23ClO5/c1-6-26-20-17(22)9-15(10-19(20)25-5)21(24)27-11-18(23)16-8-13(3)12(2)7-14(16)4/h7-10H,6,11H2,1-5H3. The van der Waals surface area contributed by atoms with Crippen LogP contribution in [-0.4, -0.2) is 32.1 Å². The maximum absolute atomic E-state index is 12.4. The van der Waals surface area contributed by atoms with Crippen molar-refractivity contribution >= 4 is 23.4 Å². The Labute approximate surface area is 164 Å². The first-order valence-corrected chi connectivity index (χ1v) is 8.94. The molecule has 144 valence electrons. The molecule has 0 saturated carbocycles. The van der Waals surface area contributed by atoms with Crippen LogP contribution in [0.1, 0.15) is 44.3 Å². The van der Waals surface area contributed by atoms with Crippen LogP contribution in [0.2, 0.25) is 5.02 Å². The van der Waals surface area contributed by atoms with Crippen molar-refractivity contribution in [2.45, 2.75) is 27.7 Å². The zero-order valence-corrected chi connectivity index (χ0v) is 16.9. The first-order valence-electron chi connectivity index (χ1n) is 8.57. The molecule has 0 aliphatic rings. The summed E-state index contributed by atoms with van der Waals surface area (Å²) in [7, 11) is 1.45. The fraction of sp³-hybridized carbons (Fsp3) is 0.333. The highest BCUT2D eigenvalue weighted by atomic mass is 35.5. The van der Waals surface area contributed by atoms with Gasteiger partial charge in [0.1, 0.15) is 0 Å². The molecule has 2 aromatic rings. The number of hydrogen-bond donors (Lipinski definition) is 0. The third-order valence-corrected chi connectivity index (χ3v) is 4.51. The predicted molar refractivity (Wildman–Crippen MR) is 104 cm³/mol. The molecule has 0 bridgehead atoms. The van der Waals surface area contributed by atoms with E-state index in [4.69, 9.17) is 25.8 Å². The van der Waals surface area contributed by atoms with E-state index in [0.717, 1.165) is 16.7 Å². The lowest BCUT2D eigenvalue weighted by molar-refractivity contribution is 0.0474. The Hall–Kier alpha value is -2.53. The van der Waals surface area contributed by atoms with Crippen molar-refractivity contribution in [3.05, 3.63) is 57.1 Å². The van der Waals surface area contributed by atoms with Gasteiger partial charge < -0.3 is 14.2 Å². The molecule has 27 heavy (non-hydrogen) atoms. The summed E-state index contributed by atoms with van der Waals surface area (Å²) in [5, 5.41) is 0.236. The highest BCUT2D eigenvalue weighted by Gasteiger charge is 2.18. The number of halogens is 1. The molecule has 2 rings (SSSR count). The van der Waals surface area contributed by atoms with Gasteiger partial charge >= 0.3 is 5.97 Å². The lowest BCUT2D eigenvalue weighted by atomic mass is 9.98. The number of Topliss-reactive ketones (excluding diaryl/α,β-unsaturated/α-hetero) is 1. The van der Waals surface area contributed by atoms with Crippen LogP contribution in [0, 0.1) is 20.8 Å². The number of carbonyl (C=O) groups excluding carboxylic acids is 2. The van der Waals surface area contributed by atoms with Gasteiger partial charge in [-0.15, -0.1) is 0 Å². The molecule has 0 unspecified atom stereocenters. The topological polar surface area (TPSA) is 61.8 Å². The van der Waals surface area contributed by atoms with Gasteiger partial charge in [0.25, 0.3) is 0 Å². The first-order chi connectivity index (χ1) is 12.8. The van der Waals surface area contributed by atoms with Crippen LogP contribution in [-0.2, 0) is 4.74 Å². The van der Waals surface area contributed by atoms with E-state index in [1.807, 2.05) is 39.8 Å². The average Bonchev–Trinajstić information content (AvgIpc) is 2.63. The van der Waals surface area contributed by atoms with Crippen LogP contribution in [0.4, 0.5) is 0 Å². The number of rotatable bonds is 7. The Morgan fingerprint density at radius 3 is 2.30 bits per heavy atom. The van der Waals surface area contributed by atoms with Crippen molar-refractivity contribution in [2.75, 3.05) is 20.3 Å². The number of hydrogen-bond acceptors (Lipinski definition) is 5. The largest absolute Gasteiger partial charge is 0.493 e. The zero-order valence-electron chi connectivity index (χ0n) is 16.1. The molecule has 5 nitrogen and oxygen atoms in total. The summed E-state index contributed by atoms with van der Waals surface area (Å²) in [5.41, 5.74) is 3.71. The molecule has 2 aromatic carbocycles. The highest BCUT2D eigenvalue weighted by molar-refractivity contribution is 6.32. The summed E-state index contributed by atoms with van der Waals surface area (Å²) >= 11 is 6.17. The maximum Gasteiger partial charge on any atom is 0.338 e. The van der Waals surface area contributed by atoms with Gasteiger partial charge in [-0.3, -0.25) is 4.79 Å². The second kappa shape index (κ2) is 8.91. The smallest absolute Gasteiger partial charge is 0.338 e. The monoisotopic (exact) mass is 390 g/mol. The second-order valence-electron chi connectivity index (χ2n) is 6.17. The molecule has 6 heteroatoms. The van der Waals surface area contributed by atoms with Crippen LogP contribution in [0.15, 0.2) is 24.3 Å². The van der Waals surface area contributed by atoms with Gasteiger partial charge in [-0.25, -0.2) is 4.79 Å². The number of aryl methyl sites for hydroxylation is 3.